The van der Waals surface area contributed by atoms with Crippen molar-refractivity contribution in [1.82, 2.24) is 14.6 Å². The van der Waals surface area contributed by atoms with Gasteiger partial charge in [-0.3, -0.25) is 4.98 Å². The van der Waals surface area contributed by atoms with Crippen molar-refractivity contribution < 1.29 is 8.42 Å². The van der Waals surface area contributed by atoms with Crippen LogP contribution in [0.3, 0.4) is 0 Å². The Kier molecular flexibility index (Phi) is 3.63. The Labute approximate surface area is 136 Å². The fourth-order valence-electron chi connectivity index (χ4n) is 3.87. The number of fused-ring (bicyclic) bond motifs is 2. The molecule has 2 aliphatic rings. The highest BCUT2D eigenvalue weighted by atomic mass is 32.2. The predicted octanol–water partition coefficient (Wildman–Crippen LogP) is 1.77. The van der Waals surface area contributed by atoms with Crippen LogP contribution in [0.1, 0.15) is 12.0 Å². The summed E-state index contributed by atoms with van der Waals surface area (Å²) in [5, 5.41) is 4.10. The molecular weight excluding hydrogens is 310 g/mol. The van der Waals surface area contributed by atoms with Crippen molar-refractivity contribution in [3.8, 4) is 0 Å². The van der Waals surface area contributed by atoms with Gasteiger partial charge >= 0.3 is 0 Å². The smallest absolute Gasteiger partial charge is 0.243 e. The van der Waals surface area contributed by atoms with Crippen LogP contribution in [0.15, 0.2) is 35.4 Å². The van der Waals surface area contributed by atoms with Crippen LogP contribution in [0.5, 0.6) is 0 Å². The number of benzene rings is 1. The van der Waals surface area contributed by atoms with E-state index in [4.69, 9.17) is 0 Å². The summed E-state index contributed by atoms with van der Waals surface area (Å²) in [5.74, 6) is 1.06. The molecule has 23 heavy (non-hydrogen) atoms. The Morgan fingerprint density at radius 1 is 1.22 bits per heavy atom. The van der Waals surface area contributed by atoms with E-state index in [0.29, 0.717) is 29.8 Å². The molecule has 3 heterocycles. The van der Waals surface area contributed by atoms with Gasteiger partial charge in [-0.2, -0.15) is 4.31 Å². The second-order valence-corrected chi connectivity index (χ2v) is 8.52. The fraction of sp³-hybridized carbons (Fsp3) is 0.471. The van der Waals surface area contributed by atoms with Gasteiger partial charge < -0.3 is 5.32 Å². The maximum absolute atomic E-state index is 13.2. The maximum Gasteiger partial charge on any atom is 0.243 e. The first kappa shape index (κ1) is 15.1. The van der Waals surface area contributed by atoms with Crippen molar-refractivity contribution in [2.75, 3.05) is 26.2 Å². The quantitative estimate of drug-likeness (QED) is 0.911. The summed E-state index contributed by atoms with van der Waals surface area (Å²) < 4.78 is 28.0. The van der Waals surface area contributed by atoms with Crippen LogP contribution in [0.4, 0.5) is 0 Å². The van der Waals surface area contributed by atoms with Gasteiger partial charge in [-0.1, -0.05) is 6.07 Å². The van der Waals surface area contributed by atoms with Gasteiger partial charge in [-0.05, 0) is 62.0 Å². The first-order chi connectivity index (χ1) is 11.1. The molecule has 1 aromatic carbocycles. The number of nitrogens with zero attached hydrogens (tertiary/aromatic N) is 2. The van der Waals surface area contributed by atoms with E-state index in [9.17, 15) is 8.42 Å². The molecule has 2 aromatic rings. The average molecular weight is 331 g/mol. The van der Waals surface area contributed by atoms with Gasteiger partial charge in [0.05, 0.1) is 10.4 Å². The van der Waals surface area contributed by atoms with E-state index in [1.54, 1.807) is 22.6 Å². The number of rotatable bonds is 2. The van der Waals surface area contributed by atoms with E-state index in [1.807, 2.05) is 19.1 Å². The normalized spacial score (nSPS) is 25.6. The molecule has 4 rings (SSSR count). The third-order valence-electron chi connectivity index (χ3n) is 5.22. The molecule has 0 bridgehead atoms. The molecule has 0 spiro atoms. The van der Waals surface area contributed by atoms with E-state index >= 15 is 0 Å². The molecule has 0 amide bonds. The van der Waals surface area contributed by atoms with Crippen molar-refractivity contribution in [2.24, 2.45) is 11.8 Å². The van der Waals surface area contributed by atoms with Crippen LogP contribution in [0.25, 0.3) is 10.9 Å². The van der Waals surface area contributed by atoms with Crippen molar-refractivity contribution in [3.05, 3.63) is 36.0 Å². The topological polar surface area (TPSA) is 62.3 Å². The zero-order chi connectivity index (χ0) is 16.0. The molecule has 2 atom stereocenters. The van der Waals surface area contributed by atoms with Crippen LogP contribution < -0.4 is 5.32 Å². The number of aryl methyl sites for hydroxylation is 1. The Hall–Kier alpha value is -1.50. The first-order valence-electron chi connectivity index (χ1n) is 8.12. The summed E-state index contributed by atoms with van der Waals surface area (Å²) in [6, 6.07) is 7.24. The van der Waals surface area contributed by atoms with Crippen LogP contribution in [0, 0.1) is 18.8 Å². The molecule has 2 fully saturated rings. The number of piperidine rings is 1. The van der Waals surface area contributed by atoms with Gasteiger partial charge in [-0.15, -0.1) is 0 Å². The third-order valence-corrected chi connectivity index (χ3v) is 7.14. The highest BCUT2D eigenvalue weighted by molar-refractivity contribution is 7.89. The molecule has 5 nitrogen and oxygen atoms in total. The van der Waals surface area contributed by atoms with Crippen LogP contribution >= 0.6 is 0 Å². The van der Waals surface area contributed by atoms with Gasteiger partial charge in [0.2, 0.25) is 10.0 Å². The summed E-state index contributed by atoms with van der Waals surface area (Å²) in [7, 11) is -3.48. The molecule has 0 aliphatic carbocycles. The molecule has 0 radical (unpaired) electrons. The van der Waals surface area contributed by atoms with Gasteiger partial charge in [-0.25, -0.2) is 8.42 Å². The van der Waals surface area contributed by atoms with Gasteiger partial charge in [0.15, 0.2) is 0 Å². The SMILES string of the molecule is Cc1ccc(S(=O)(=O)N2CCC3CNCC3C2)c2cccnc12. The average Bonchev–Trinajstić information content (AvgIpc) is 3.03. The molecular formula is C17H21N3O2S. The second-order valence-electron chi connectivity index (χ2n) is 6.61. The van der Waals surface area contributed by atoms with E-state index in [0.717, 1.165) is 36.0 Å². The van der Waals surface area contributed by atoms with E-state index < -0.39 is 10.0 Å². The van der Waals surface area contributed by atoms with Gasteiger partial charge in [0.1, 0.15) is 0 Å². The van der Waals surface area contributed by atoms with Crippen molar-refractivity contribution in [3.63, 3.8) is 0 Å². The number of nitrogens with one attached hydrogen (secondary N) is 1. The lowest BCUT2D eigenvalue weighted by Crippen LogP contribution is -2.43. The highest BCUT2D eigenvalue weighted by Crippen LogP contribution is 2.32. The first-order valence-corrected chi connectivity index (χ1v) is 9.56. The molecule has 2 aliphatic heterocycles. The summed E-state index contributed by atoms with van der Waals surface area (Å²) in [6.07, 6.45) is 2.65. The van der Waals surface area contributed by atoms with E-state index in [2.05, 4.69) is 10.3 Å². The van der Waals surface area contributed by atoms with Crippen LogP contribution in [-0.2, 0) is 10.0 Å². The van der Waals surface area contributed by atoms with Crippen molar-refractivity contribution in [1.29, 1.82) is 0 Å². The zero-order valence-corrected chi connectivity index (χ0v) is 14.0. The molecule has 1 N–H and O–H groups in total. The minimum absolute atomic E-state index is 0.385. The minimum atomic E-state index is -3.48. The number of aromatic nitrogens is 1. The highest BCUT2D eigenvalue weighted by Gasteiger charge is 2.38. The van der Waals surface area contributed by atoms with E-state index in [1.165, 1.54) is 0 Å². The third kappa shape index (κ3) is 2.45. The summed E-state index contributed by atoms with van der Waals surface area (Å²) in [4.78, 5) is 4.75. The standard InChI is InChI=1S/C17H21N3O2S/c1-12-4-5-16(15-3-2-7-19-17(12)15)23(21,22)20-8-6-13-9-18-10-14(13)11-20/h2-5,7,13-14,18H,6,8-11H2,1H3. The molecule has 2 saturated heterocycles. The van der Waals surface area contributed by atoms with Crippen LogP contribution in [0.2, 0.25) is 0 Å². The zero-order valence-electron chi connectivity index (χ0n) is 13.2. The molecule has 2 unspecified atom stereocenters. The Morgan fingerprint density at radius 3 is 2.91 bits per heavy atom. The second kappa shape index (κ2) is 5.54. The lowest BCUT2D eigenvalue weighted by Gasteiger charge is -2.33. The molecule has 0 saturated carbocycles. The fourth-order valence-corrected chi connectivity index (χ4v) is 5.57. The summed E-state index contributed by atoms with van der Waals surface area (Å²) in [6.45, 7) is 5.14. The van der Waals surface area contributed by atoms with Gasteiger partial charge in [0.25, 0.3) is 0 Å². The largest absolute Gasteiger partial charge is 0.316 e. The maximum atomic E-state index is 13.2. The monoisotopic (exact) mass is 331 g/mol. The van der Waals surface area contributed by atoms with Gasteiger partial charge in [0, 0.05) is 24.7 Å². The Balaban J connectivity index is 1.76. The van der Waals surface area contributed by atoms with E-state index in [-0.39, 0.29) is 0 Å². The lowest BCUT2D eigenvalue weighted by atomic mass is 9.90. The summed E-state index contributed by atoms with van der Waals surface area (Å²) >= 11 is 0. The Morgan fingerprint density at radius 2 is 2.04 bits per heavy atom. The van der Waals surface area contributed by atoms with Crippen LogP contribution in [-0.4, -0.2) is 43.9 Å². The molecule has 1 aromatic heterocycles. The number of pyridine rings is 1. The number of hydrogen-bond donors (Lipinski definition) is 1. The van der Waals surface area contributed by atoms with Crippen molar-refractivity contribution in [2.45, 2.75) is 18.2 Å². The predicted molar refractivity (Wildman–Crippen MR) is 89.7 cm³/mol. The Bertz CT molecular complexity index is 850. The summed E-state index contributed by atoms with van der Waals surface area (Å²) in [5.41, 5.74) is 1.77. The lowest BCUT2D eigenvalue weighted by molar-refractivity contribution is 0.228. The number of hydrogen-bond acceptors (Lipinski definition) is 4. The molecule has 122 valence electrons. The number of sulfonamides is 1. The van der Waals surface area contributed by atoms with Crippen molar-refractivity contribution >= 4 is 20.9 Å². The minimum Gasteiger partial charge on any atom is -0.316 e. The molecule has 6 heteroatoms.